The van der Waals surface area contributed by atoms with Crippen molar-refractivity contribution >= 4 is 5.91 Å². The average Bonchev–Trinajstić information content (AvgIpc) is 2.55. The lowest BCUT2D eigenvalue weighted by Gasteiger charge is -2.42. The Balaban J connectivity index is 1.79. The Kier molecular flexibility index (Phi) is 3.52. The molecule has 0 N–H and O–H groups in total. The van der Waals surface area contributed by atoms with Gasteiger partial charge in [0.05, 0.1) is 0 Å². The van der Waals surface area contributed by atoms with Crippen LogP contribution >= 0.6 is 0 Å². The van der Waals surface area contributed by atoms with Crippen LogP contribution in [0.5, 0.6) is 0 Å². The summed E-state index contributed by atoms with van der Waals surface area (Å²) in [4.78, 5) is 26.2. The molecule has 2 aliphatic heterocycles. The van der Waals surface area contributed by atoms with Gasteiger partial charge in [-0.15, -0.1) is 0 Å². The fourth-order valence-corrected chi connectivity index (χ4v) is 4.05. The standard InChI is InChI=1S/C19H19FN2O2/c1-12(23)21-9-13-5-16(11-21)18-7-15(8-19(24)22(18)10-13)14-3-2-4-17(20)6-14/h2-4,6-8,13,16H,5,9-11H2,1H3/t13-,16+/m0/s1. The van der Waals surface area contributed by atoms with Gasteiger partial charge < -0.3 is 9.47 Å². The molecule has 1 aromatic heterocycles. The first-order chi connectivity index (χ1) is 11.5. The SMILES string of the molecule is CC(=O)N1C[C@@H]2C[C@H](C1)c1cc(-c3cccc(F)c3)cc(=O)n1C2. The number of carbonyl (C=O) groups excluding carboxylic acids is 1. The molecule has 3 heterocycles. The molecule has 4 nitrogen and oxygen atoms in total. The van der Waals surface area contributed by atoms with Gasteiger partial charge in [0.15, 0.2) is 0 Å². The van der Waals surface area contributed by atoms with Gasteiger partial charge in [-0.25, -0.2) is 4.39 Å². The lowest BCUT2D eigenvalue weighted by atomic mass is 9.82. The number of amides is 1. The highest BCUT2D eigenvalue weighted by atomic mass is 19.1. The zero-order valence-corrected chi connectivity index (χ0v) is 13.5. The molecule has 2 atom stereocenters. The minimum atomic E-state index is -0.314. The van der Waals surface area contributed by atoms with Crippen molar-refractivity contribution in [3.05, 3.63) is 58.3 Å². The van der Waals surface area contributed by atoms with Gasteiger partial charge in [0.2, 0.25) is 5.91 Å². The van der Waals surface area contributed by atoms with Gasteiger partial charge in [-0.1, -0.05) is 12.1 Å². The summed E-state index contributed by atoms with van der Waals surface area (Å²) >= 11 is 0. The van der Waals surface area contributed by atoms with Gasteiger partial charge in [0, 0.05) is 44.2 Å². The summed E-state index contributed by atoms with van der Waals surface area (Å²) in [6.45, 7) is 3.62. The molecule has 1 fully saturated rings. The van der Waals surface area contributed by atoms with E-state index in [9.17, 15) is 14.0 Å². The van der Waals surface area contributed by atoms with Crippen molar-refractivity contribution < 1.29 is 9.18 Å². The highest BCUT2D eigenvalue weighted by Crippen LogP contribution is 2.36. The molecule has 2 aliphatic rings. The third kappa shape index (κ3) is 2.54. The number of rotatable bonds is 1. The minimum Gasteiger partial charge on any atom is -0.342 e. The van der Waals surface area contributed by atoms with E-state index in [4.69, 9.17) is 0 Å². The lowest BCUT2D eigenvalue weighted by molar-refractivity contribution is -0.131. The van der Waals surface area contributed by atoms with Crippen LogP contribution in [0, 0.1) is 11.7 Å². The summed E-state index contributed by atoms with van der Waals surface area (Å²) in [5.41, 5.74) is 2.36. The van der Waals surface area contributed by atoms with Crippen LogP contribution in [-0.4, -0.2) is 28.5 Å². The summed E-state index contributed by atoms with van der Waals surface area (Å²) in [5.74, 6) is 0.271. The number of hydrogen-bond donors (Lipinski definition) is 0. The van der Waals surface area contributed by atoms with Crippen LogP contribution in [0.4, 0.5) is 4.39 Å². The maximum atomic E-state index is 13.5. The average molecular weight is 326 g/mol. The van der Waals surface area contributed by atoms with E-state index >= 15 is 0 Å². The molecule has 1 aromatic carbocycles. The molecule has 1 amide bonds. The lowest BCUT2D eigenvalue weighted by Crippen LogP contribution is -2.48. The van der Waals surface area contributed by atoms with Crippen LogP contribution in [-0.2, 0) is 11.3 Å². The van der Waals surface area contributed by atoms with Crippen LogP contribution in [0.15, 0.2) is 41.2 Å². The summed E-state index contributed by atoms with van der Waals surface area (Å²) in [6.07, 6.45) is 0.996. The monoisotopic (exact) mass is 326 g/mol. The third-order valence-electron chi connectivity index (χ3n) is 5.16. The molecule has 4 rings (SSSR count). The minimum absolute atomic E-state index is 0.0438. The Labute approximate surface area is 139 Å². The van der Waals surface area contributed by atoms with Crippen LogP contribution in [0.3, 0.4) is 0 Å². The molecule has 2 aromatic rings. The van der Waals surface area contributed by atoms with E-state index in [-0.39, 0.29) is 23.2 Å². The molecule has 2 bridgehead atoms. The second-order valence-electron chi connectivity index (χ2n) is 6.85. The maximum absolute atomic E-state index is 13.5. The molecule has 0 radical (unpaired) electrons. The van der Waals surface area contributed by atoms with Crippen LogP contribution in [0.25, 0.3) is 11.1 Å². The topological polar surface area (TPSA) is 42.3 Å². The summed E-state index contributed by atoms with van der Waals surface area (Å²) in [7, 11) is 0. The fourth-order valence-electron chi connectivity index (χ4n) is 4.05. The number of hydrogen-bond acceptors (Lipinski definition) is 2. The molecule has 0 aliphatic carbocycles. The normalized spacial score (nSPS) is 22.2. The second kappa shape index (κ2) is 5.58. The third-order valence-corrected chi connectivity index (χ3v) is 5.16. The predicted octanol–water partition coefficient (Wildman–Crippen LogP) is 2.62. The molecule has 5 heteroatoms. The summed E-state index contributed by atoms with van der Waals surface area (Å²) in [6, 6.07) is 9.87. The number of aromatic nitrogens is 1. The van der Waals surface area contributed by atoms with E-state index in [1.165, 1.54) is 12.1 Å². The molecule has 1 saturated heterocycles. The zero-order chi connectivity index (χ0) is 16.8. The number of pyridine rings is 1. The Hall–Kier alpha value is -2.43. The van der Waals surface area contributed by atoms with E-state index in [2.05, 4.69) is 0 Å². The molecule has 24 heavy (non-hydrogen) atoms. The number of fused-ring (bicyclic) bond motifs is 4. The molecular formula is C19H19FN2O2. The quantitative estimate of drug-likeness (QED) is 0.808. The first-order valence-corrected chi connectivity index (χ1v) is 8.27. The molecule has 0 spiro atoms. The van der Waals surface area contributed by atoms with E-state index in [0.29, 0.717) is 24.6 Å². The number of piperidine rings is 1. The fraction of sp³-hybridized carbons (Fsp3) is 0.368. The van der Waals surface area contributed by atoms with E-state index in [1.54, 1.807) is 19.1 Å². The molecule has 0 unspecified atom stereocenters. The smallest absolute Gasteiger partial charge is 0.251 e. The number of nitrogens with zero attached hydrogens (tertiary/aromatic N) is 2. The van der Waals surface area contributed by atoms with Gasteiger partial charge in [0.1, 0.15) is 5.82 Å². The molecule has 124 valence electrons. The first kappa shape index (κ1) is 15.1. The van der Waals surface area contributed by atoms with Crippen LogP contribution in [0.2, 0.25) is 0 Å². The highest BCUT2D eigenvalue weighted by Gasteiger charge is 2.35. The summed E-state index contributed by atoms with van der Waals surface area (Å²) in [5, 5.41) is 0. The van der Waals surface area contributed by atoms with E-state index in [0.717, 1.165) is 24.2 Å². The van der Waals surface area contributed by atoms with Gasteiger partial charge in [-0.3, -0.25) is 9.59 Å². The first-order valence-electron chi connectivity index (χ1n) is 8.27. The number of benzene rings is 1. The highest BCUT2D eigenvalue weighted by molar-refractivity contribution is 5.73. The predicted molar refractivity (Wildman–Crippen MR) is 89.2 cm³/mol. The summed E-state index contributed by atoms with van der Waals surface area (Å²) < 4.78 is 15.3. The van der Waals surface area contributed by atoms with Crippen molar-refractivity contribution in [2.75, 3.05) is 13.1 Å². The van der Waals surface area contributed by atoms with Gasteiger partial charge in [0.25, 0.3) is 5.56 Å². The van der Waals surface area contributed by atoms with E-state index < -0.39 is 0 Å². The Morgan fingerprint density at radius 2 is 1.96 bits per heavy atom. The van der Waals surface area contributed by atoms with Crippen LogP contribution in [0.1, 0.15) is 25.0 Å². The Morgan fingerprint density at radius 1 is 1.12 bits per heavy atom. The van der Waals surface area contributed by atoms with Crippen molar-refractivity contribution in [2.24, 2.45) is 5.92 Å². The van der Waals surface area contributed by atoms with Crippen molar-refractivity contribution in [3.63, 3.8) is 0 Å². The maximum Gasteiger partial charge on any atom is 0.251 e. The number of halogens is 1. The van der Waals surface area contributed by atoms with Crippen molar-refractivity contribution in [1.29, 1.82) is 0 Å². The molecular weight excluding hydrogens is 307 g/mol. The van der Waals surface area contributed by atoms with Gasteiger partial charge in [-0.2, -0.15) is 0 Å². The van der Waals surface area contributed by atoms with Crippen LogP contribution < -0.4 is 5.56 Å². The Morgan fingerprint density at radius 3 is 2.71 bits per heavy atom. The largest absolute Gasteiger partial charge is 0.342 e. The van der Waals surface area contributed by atoms with Gasteiger partial charge >= 0.3 is 0 Å². The van der Waals surface area contributed by atoms with E-state index in [1.807, 2.05) is 21.6 Å². The Bertz CT molecular complexity index is 874. The van der Waals surface area contributed by atoms with Crippen molar-refractivity contribution in [3.8, 4) is 11.1 Å². The number of carbonyl (C=O) groups is 1. The zero-order valence-electron chi connectivity index (χ0n) is 13.5. The number of likely N-dealkylation sites (tertiary alicyclic amines) is 1. The molecule has 0 saturated carbocycles. The van der Waals surface area contributed by atoms with Crippen molar-refractivity contribution in [2.45, 2.75) is 25.8 Å². The van der Waals surface area contributed by atoms with Crippen molar-refractivity contribution in [1.82, 2.24) is 9.47 Å². The second-order valence-corrected chi connectivity index (χ2v) is 6.85. The van der Waals surface area contributed by atoms with Gasteiger partial charge in [-0.05, 0) is 41.7 Å².